The predicted octanol–water partition coefficient (Wildman–Crippen LogP) is 3.68. The third kappa shape index (κ3) is 4.66. The van der Waals surface area contributed by atoms with Crippen LogP contribution in [0, 0.1) is 0 Å². The maximum absolute atomic E-state index is 12.3. The Kier molecular flexibility index (Phi) is 6.60. The average Bonchev–Trinajstić information content (AvgIpc) is 3.09. The number of thioether (sulfide) groups is 1. The maximum Gasteiger partial charge on any atom is 0.305 e. The van der Waals surface area contributed by atoms with Crippen LogP contribution in [0.4, 0.5) is 0 Å². The van der Waals surface area contributed by atoms with E-state index < -0.39 is 0 Å². The summed E-state index contributed by atoms with van der Waals surface area (Å²) >= 11 is 8.14. The van der Waals surface area contributed by atoms with Crippen molar-refractivity contribution >= 4 is 57.6 Å². The lowest BCUT2D eigenvalue weighted by Crippen LogP contribution is -2.29. The Hall–Kier alpha value is -1.18. The minimum atomic E-state index is -0.221. The maximum atomic E-state index is 12.3. The van der Waals surface area contributed by atoms with E-state index in [2.05, 4.69) is 0 Å². The van der Waals surface area contributed by atoms with Gasteiger partial charge in [0.1, 0.15) is 4.32 Å². The van der Waals surface area contributed by atoms with Gasteiger partial charge in [-0.1, -0.05) is 37.0 Å². The number of thiophene rings is 1. The van der Waals surface area contributed by atoms with E-state index in [4.69, 9.17) is 17.0 Å². The Morgan fingerprint density at radius 1 is 1.50 bits per heavy atom. The van der Waals surface area contributed by atoms with Crippen molar-refractivity contribution < 1.29 is 14.3 Å². The number of rotatable bonds is 7. The third-order valence-electron chi connectivity index (χ3n) is 2.92. The number of hydrogen-bond donors (Lipinski definition) is 0. The van der Waals surface area contributed by atoms with Crippen LogP contribution in [0.25, 0.3) is 6.08 Å². The summed E-state index contributed by atoms with van der Waals surface area (Å²) in [5, 5.41) is 1.97. The van der Waals surface area contributed by atoms with Crippen molar-refractivity contribution in [2.24, 2.45) is 0 Å². The molecular weight excluding hydrogens is 338 g/mol. The molecule has 0 bridgehead atoms. The first kappa shape index (κ1) is 17.2. The second-order valence-corrected chi connectivity index (χ2v) is 7.33. The van der Waals surface area contributed by atoms with Gasteiger partial charge in [0.15, 0.2) is 0 Å². The highest BCUT2D eigenvalue weighted by molar-refractivity contribution is 8.26. The number of carbonyl (C=O) groups is 2. The van der Waals surface area contributed by atoms with Gasteiger partial charge in [0.25, 0.3) is 5.91 Å². The molecule has 1 aromatic rings. The Balaban J connectivity index is 1.86. The van der Waals surface area contributed by atoms with Crippen LogP contribution < -0.4 is 0 Å². The van der Waals surface area contributed by atoms with E-state index in [1.807, 2.05) is 30.5 Å². The number of esters is 1. The summed E-state index contributed by atoms with van der Waals surface area (Å²) in [5.74, 6) is -0.299. The number of nitrogens with zero attached hydrogens (tertiary/aromatic N) is 1. The van der Waals surface area contributed by atoms with E-state index in [9.17, 15) is 9.59 Å². The van der Waals surface area contributed by atoms with Crippen molar-refractivity contribution in [2.45, 2.75) is 26.2 Å². The Morgan fingerprint density at radius 3 is 3.00 bits per heavy atom. The zero-order valence-corrected chi connectivity index (χ0v) is 14.7. The highest BCUT2D eigenvalue weighted by Gasteiger charge is 2.31. The molecule has 1 fully saturated rings. The quantitative estimate of drug-likeness (QED) is 0.424. The second kappa shape index (κ2) is 8.45. The van der Waals surface area contributed by atoms with Crippen LogP contribution in [0.1, 0.15) is 31.1 Å². The molecule has 1 aliphatic rings. The van der Waals surface area contributed by atoms with Gasteiger partial charge in [-0.25, -0.2) is 0 Å². The van der Waals surface area contributed by atoms with E-state index in [-0.39, 0.29) is 11.9 Å². The number of thiocarbonyl (C=S) groups is 1. The second-order valence-electron chi connectivity index (χ2n) is 4.67. The summed E-state index contributed by atoms with van der Waals surface area (Å²) in [5.41, 5.74) is 0. The molecule has 7 heteroatoms. The highest BCUT2D eigenvalue weighted by Crippen LogP contribution is 2.33. The molecule has 1 aromatic heterocycles. The van der Waals surface area contributed by atoms with Crippen LogP contribution in [0.2, 0.25) is 0 Å². The van der Waals surface area contributed by atoms with Crippen LogP contribution >= 0.6 is 35.3 Å². The molecule has 22 heavy (non-hydrogen) atoms. The van der Waals surface area contributed by atoms with E-state index in [1.54, 1.807) is 16.2 Å². The van der Waals surface area contributed by atoms with E-state index in [1.165, 1.54) is 11.8 Å². The zero-order valence-electron chi connectivity index (χ0n) is 12.2. The standard InChI is InChI=1S/C15H17NO3S3/c1-2-8-19-13(17)6-3-7-16-14(18)12(22-15(16)20)10-11-5-4-9-21-11/h4-5,9-10H,2-3,6-8H2,1H3/b12-10-. The molecule has 0 atom stereocenters. The van der Waals surface area contributed by atoms with Crippen LogP contribution in [0.5, 0.6) is 0 Å². The lowest BCUT2D eigenvalue weighted by atomic mass is 10.3. The van der Waals surface area contributed by atoms with Gasteiger partial charge in [0.2, 0.25) is 0 Å². The van der Waals surface area contributed by atoms with Gasteiger partial charge in [-0.3, -0.25) is 14.5 Å². The summed E-state index contributed by atoms with van der Waals surface area (Å²) in [7, 11) is 0. The van der Waals surface area contributed by atoms with Crippen molar-refractivity contribution in [3.63, 3.8) is 0 Å². The molecule has 1 amide bonds. The Bertz CT molecular complexity index is 581. The molecule has 1 aliphatic heterocycles. The van der Waals surface area contributed by atoms with Crippen molar-refractivity contribution in [1.82, 2.24) is 4.90 Å². The molecule has 4 nitrogen and oxygen atoms in total. The first-order valence-electron chi connectivity index (χ1n) is 7.06. The van der Waals surface area contributed by atoms with Crippen molar-refractivity contribution in [1.29, 1.82) is 0 Å². The Labute approximate surface area is 143 Å². The van der Waals surface area contributed by atoms with Crippen LogP contribution in [-0.2, 0) is 14.3 Å². The minimum absolute atomic E-state index is 0.0784. The van der Waals surface area contributed by atoms with E-state index in [0.717, 1.165) is 11.3 Å². The molecular formula is C15H17NO3S3. The molecule has 0 unspecified atom stereocenters. The summed E-state index contributed by atoms with van der Waals surface area (Å²) in [6.07, 6.45) is 3.54. The lowest BCUT2D eigenvalue weighted by molar-refractivity contribution is -0.144. The normalized spacial score (nSPS) is 16.6. The molecule has 118 valence electrons. The SMILES string of the molecule is CCCOC(=O)CCCN1C(=O)/C(=C/c2cccs2)SC1=S. The largest absolute Gasteiger partial charge is 0.466 e. The summed E-state index contributed by atoms with van der Waals surface area (Å²) in [4.78, 5) is 27.0. The fourth-order valence-corrected chi connectivity index (χ4v) is 3.90. The molecule has 2 heterocycles. The smallest absolute Gasteiger partial charge is 0.305 e. The van der Waals surface area contributed by atoms with Crippen molar-refractivity contribution in [2.75, 3.05) is 13.2 Å². The molecule has 0 radical (unpaired) electrons. The van der Waals surface area contributed by atoms with Gasteiger partial charge in [-0.05, 0) is 30.4 Å². The summed E-state index contributed by atoms with van der Waals surface area (Å²) < 4.78 is 5.56. The van der Waals surface area contributed by atoms with Gasteiger partial charge in [-0.15, -0.1) is 11.3 Å². The molecule has 0 aliphatic carbocycles. The van der Waals surface area contributed by atoms with Crippen molar-refractivity contribution in [3.05, 3.63) is 27.3 Å². The summed E-state index contributed by atoms with van der Waals surface area (Å²) in [6, 6.07) is 3.90. The fourth-order valence-electron chi connectivity index (χ4n) is 1.86. The zero-order chi connectivity index (χ0) is 15.9. The third-order valence-corrected chi connectivity index (χ3v) is 5.12. The topological polar surface area (TPSA) is 46.6 Å². The average molecular weight is 356 g/mol. The van der Waals surface area contributed by atoms with Gasteiger partial charge < -0.3 is 4.74 Å². The first-order chi connectivity index (χ1) is 10.6. The Morgan fingerprint density at radius 2 is 2.32 bits per heavy atom. The first-order valence-corrected chi connectivity index (χ1v) is 9.16. The number of carbonyl (C=O) groups excluding carboxylic acids is 2. The van der Waals surface area contributed by atoms with E-state index in [0.29, 0.717) is 35.2 Å². The number of amides is 1. The van der Waals surface area contributed by atoms with Gasteiger partial charge in [-0.2, -0.15) is 0 Å². The minimum Gasteiger partial charge on any atom is -0.466 e. The van der Waals surface area contributed by atoms with E-state index >= 15 is 0 Å². The molecule has 2 rings (SSSR count). The van der Waals surface area contributed by atoms with Gasteiger partial charge in [0, 0.05) is 17.8 Å². The molecule has 0 saturated carbocycles. The molecule has 0 aromatic carbocycles. The van der Waals surface area contributed by atoms with Crippen LogP contribution in [0.3, 0.4) is 0 Å². The highest BCUT2D eigenvalue weighted by atomic mass is 32.2. The number of ether oxygens (including phenoxy) is 1. The molecule has 1 saturated heterocycles. The monoisotopic (exact) mass is 355 g/mol. The fraction of sp³-hybridized carbons (Fsp3) is 0.400. The molecule has 0 spiro atoms. The molecule has 0 N–H and O–H groups in total. The predicted molar refractivity (Wildman–Crippen MR) is 94.7 cm³/mol. The van der Waals surface area contributed by atoms with Crippen molar-refractivity contribution in [3.8, 4) is 0 Å². The van der Waals surface area contributed by atoms with Gasteiger partial charge >= 0.3 is 5.97 Å². The van der Waals surface area contributed by atoms with Crippen LogP contribution in [-0.4, -0.2) is 34.2 Å². The lowest BCUT2D eigenvalue weighted by Gasteiger charge is -2.13. The number of hydrogen-bond acceptors (Lipinski definition) is 6. The van der Waals surface area contributed by atoms with Gasteiger partial charge in [0.05, 0.1) is 11.5 Å². The summed E-state index contributed by atoms with van der Waals surface area (Å²) in [6.45, 7) is 2.85. The van der Waals surface area contributed by atoms with Crippen LogP contribution in [0.15, 0.2) is 22.4 Å².